The standard InChI is InChI=1S/C22H20ClN3O3S/c1-30(28,29)26(16-17-7-3-2-4-8-17)20-13-11-18(12-14-20)22(27)25-24-15-19-9-5-6-10-21(19)23/h2-15H,16H2,1H3,(H,25,27)/b24-15-. The Morgan fingerprint density at radius 2 is 1.63 bits per heavy atom. The molecule has 30 heavy (non-hydrogen) atoms. The summed E-state index contributed by atoms with van der Waals surface area (Å²) in [6.07, 6.45) is 2.61. The van der Waals surface area contributed by atoms with E-state index in [0.717, 1.165) is 11.8 Å². The van der Waals surface area contributed by atoms with Gasteiger partial charge >= 0.3 is 0 Å². The van der Waals surface area contributed by atoms with Crippen LogP contribution in [0.25, 0.3) is 0 Å². The summed E-state index contributed by atoms with van der Waals surface area (Å²) in [5.74, 6) is -0.418. The lowest BCUT2D eigenvalue weighted by Crippen LogP contribution is -2.29. The minimum atomic E-state index is -3.50. The lowest BCUT2D eigenvalue weighted by atomic mass is 10.2. The van der Waals surface area contributed by atoms with Crippen LogP contribution < -0.4 is 9.73 Å². The second-order valence-electron chi connectivity index (χ2n) is 6.52. The van der Waals surface area contributed by atoms with E-state index in [4.69, 9.17) is 11.6 Å². The van der Waals surface area contributed by atoms with Crippen LogP contribution in [0, 0.1) is 0 Å². The van der Waals surface area contributed by atoms with Gasteiger partial charge in [0.25, 0.3) is 5.91 Å². The van der Waals surface area contributed by atoms with Crippen LogP contribution in [0.1, 0.15) is 21.5 Å². The average Bonchev–Trinajstić information content (AvgIpc) is 2.73. The van der Waals surface area contributed by atoms with Crippen LogP contribution in [-0.2, 0) is 16.6 Å². The van der Waals surface area contributed by atoms with Crippen molar-refractivity contribution in [1.82, 2.24) is 5.43 Å². The Morgan fingerprint density at radius 3 is 2.27 bits per heavy atom. The highest BCUT2D eigenvalue weighted by Gasteiger charge is 2.18. The number of nitrogens with one attached hydrogen (secondary N) is 1. The minimum Gasteiger partial charge on any atom is -0.267 e. The molecule has 0 saturated heterocycles. The Balaban J connectivity index is 1.72. The number of carbonyl (C=O) groups excluding carboxylic acids is 1. The highest BCUT2D eigenvalue weighted by Crippen LogP contribution is 2.21. The van der Waals surface area contributed by atoms with Crippen molar-refractivity contribution >= 4 is 39.4 Å². The molecule has 0 radical (unpaired) electrons. The molecule has 0 spiro atoms. The van der Waals surface area contributed by atoms with Crippen LogP contribution in [0.5, 0.6) is 0 Å². The fourth-order valence-corrected chi connectivity index (χ4v) is 3.81. The maximum absolute atomic E-state index is 12.3. The molecule has 6 nitrogen and oxygen atoms in total. The maximum atomic E-state index is 12.3. The van der Waals surface area contributed by atoms with E-state index in [0.29, 0.717) is 21.8 Å². The fourth-order valence-electron chi connectivity index (χ4n) is 2.73. The van der Waals surface area contributed by atoms with Gasteiger partial charge in [-0.2, -0.15) is 5.10 Å². The first-order valence-corrected chi connectivity index (χ1v) is 11.3. The quantitative estimate of drug-likeness (QED) is 0.443. The van der Waals surface area contributed by atoms with Crippen molar-refractivity contribution < 1.29 is 13.2 Å². The van der Waals surface area contributed by atoms with E-state index in [1.54, 1.807) is 42.5 Å². The van der Waals surface area contributed by atoms with Gasteiger partial charge in [0.1, 0.15) is 0 Å². The average molecular weight is 442 g/mol. The summed E-state index contributed by atoms with van der Waals surface area (Å²) in [5, 5.41) is 4.44. The first-order valence-electron chi connectivity index (χ1n) is 9.04. The van der Waals surface area contributed by atoms with Gasteiger partial charge in [-0.15, -0.1) is 0 Å². The molecule has 1 amide bonds. The molecule has 0 saturated carbocycles. The Kier molecular flexibility index (Phi) is 6.87. The molecular formula is C22H20ClN3O3S. The zero-order chi connectivity index (χ0) is 21.6. The van der Waals surface area contributed by atoms with Crippen molar-refractivity contribution in [2.45, 2.75) is 6.54 Å². The molecule has 0 heterocycles. The molecule has 3 aromatic carbocycles. The summed E-state index contributed by atoms with van der Waals surface area (Å²) in [7, 11) is -3.50. The molecule has 0 aliphatic carbocycles. The molecule has 0 aliphatic heterocycles. The lowest BCUT2D eigenvalue weighted by Gasteiger charge is -2.22. The molecule has 0 bridgehead atoms. The number of carbonyl (C=O) groups is 1. The molecule has 8 heteroatoms. The van der Waals surface area contributed by atoms with Crippen molar-refractivity contribution in [1.29, 1.82) is 0 Å². The van der Waals surface area contributed by atoms with E-state index in [1.807, 2.05) is 36.4 Å². The van der Waals surface area contributed by atoms with Crippen LogP contribution in [0.2, 0.25) is 5.02 Å². The van der Waals surface area contributed by atoms with E-state index in [1.165, 1.54) is 10.5 Å². The lowest BCUT2D eigenvalue weighted by molar-refractivity contribution is 0.0955. The zero-order valence-electron chi connectivity index (χ0n) is 16.2. The van der Waals surface area contributed by atoms with E-state index < -0.39 is 15.9 Å². The van der Waals surface area contributed by atoms with Gasteiger partial charge in [0.05, 0.1) is 24.7 Å². The third kappa shape index (κ3) is 5.68. The summed E-state index contributed by atoms with van der Waals surface area (Å²) < 4.78 is 25.8. The number of sulfonamides is 1. The normalized spacial score (nSPS) is 11.4. The minimum absolute atomic E-state index is 0.202. The van der Waals surface area contributed by atoms with Crippen LogP contribution >= 0.6 is 11.6 Å². The van der Waals surface area contributed by atoms with Crippen molar-refractivity contribution in [2.75, 3.05) is 10.6 Å². The predicted molar refractivity (Wildman–Crippen MR) is 120 cm³/mol. The third-order valence-electron chi connectivity index (χ3n) is 4.26. The van der Waals surface area contributed by atoms with Gasteiger partial charge < -0.3 is 0 Å². The van der Waals surface area contributed by atoms with Crippen molar-refractivity contribution in [3.8, 4) is 0 Å². The number of rotatable bonds is 7. The molecule has 154 valence electrons. The summed E-state index contributed by atoms with van der Waals surface area (Å²) in [5.41, 5.74) is 4.79. The van der Waals surface area contributed by atoms with E-state index in [9.17, 15) is 13.2 Å². The van der Waals surface area contributed by atoms with E-state index in [-0.39, 0.29) is 6.54 Å². The third-order valence-corrected chi connectivity index (χ3v) is 5.75. The van der Waals surface area contributed by atoms with Gasteiger partial charge in [0, 0.05) is 16.1 Å². The Hall–Kier alpha value is -3.16. The van der Waals surface area contributed by atoms with Gasteiger partial charge in [-0.25, -0.2) is 13.8 Å². The Morgan fingerprint density at radius 1 is 1.00 bits per heavy atom. The Labute approximate surface area is 180 Å². The van der Waals surface area contributed by atoms with Crippen LogP contribution in [-0.4, -0.2) is 26.8 Å². The molecule has 3 aromatic rings. The number of nitrogens with zero attached hydrogens (tertiary/aromatic N) is 2. The summed E-state index contributed by atoms with van der Waals surface area (Å²) in [6.45, 7) is 0.202. The Bertz CT molecular complexity index is 1150. The maximum Gasteiger partial charge on any atom is 0.271 e. The van der Waals surface area contributed by atoms with Crippen molar-refractivity contribution in [3.05, 3.63) is 101 Å². The van der Waals surface area contributed by atoms with E-state index in [2.05, 4.69) is 10.5 Å². The number of amides is 1. The number of anilines is 1. The van der Waals surface area contributed by atoms with Crippen molar-refractivity contribution in [3.63, 3.8) is 0 Å². The van der Waals surface area contributed by atoms with Gasteiger partial charge in [-0.1, -0.05) is 60.1 Å². The largest absolute Gasteiger partial charge is 0.271 e. The van der Waals surface area contributed by atoms with Crippen LogP contribution in [0.4, 0.5) is 5.69 Å². The number of hydrogen-bond acceptors (Lipinski definition) is 4. The highest BCUT2D eigenvalue weighted by atomic mass is 35.5. The summed E-state index contributed by atoms with van der Waals surface area (Å²) in [6, 6.07) is 22.7. The molecule has 0 aromatic heterocycles. The van der Waals surface area contributed by atoms with Crippen LogP contribution in [0.15, 0.2) is 84.0 Å². The second kappa shape index (κ2) is 9.56. The second-order valence-corrected chi connectivity index (χ2v) is 8.84. The first-order chi connectivity index (χ1) is 14.3. The molecular weight excluding hydrogens is 422 g/mol. The fraction of sp³-hybridized carbons (Fsp3) is 0.0909. The SMILES string of the molecule is CS(=O)(=O)N(Cc1ccccc1)c1ccc(C(=O)N/N=C\c2ccccc2Cl)cc1. The monoisotopic (exact) mass is 441 g/mol. The number of hydrazone groups is 1. The zero-order valence-corrected chi connectivity index (χ0v) is 17.8. The molecule has 0 unspecified atom stereocenters. The molecule has 0 fully saturated rings. The molecule has 1 N–H and O–H groups in total. The number of halogens is 1. The van der Waals surface area contributed by atoms with Gasteiger partial charge in [0.2, 0.25) is 10.0 Å². The predicted octanol–water partition coefficient (Wildman–Crippen LogP) is 4.07. The molecule has 0 atom stereocenters. The van der Waals surface area contributed by atoms with Gasteiger partial charge in [-0.3, -0.25) is 9.10 Å². The first kappa shape index (κ1) is 21.5. The highest BCUT2D eigenvalue weighted by molar-refractivity contribution is 7.92. The number of benzene rings is 3. The van der Waals surface area contributed by atoms with Gasteiger partial charge in [-0.05, 0) is 35.9 Å². The summed E-state index contributed by atoms with van der Waals surface area (Å²) in [4.78, 5) is 12.3. The topological polar surface area (TPSA) is 78.8 Å². The van der Waals surface area contributed by atoms with E-state index >= 15 is 0 Å². The molecule has 0 aliphatic rings. The number of hydrogen-bond donors (Lipinski definition) is 1. The summed E-state index contributed by atoms with van der Waals surface area (Å²) >= 11 is 6.04. The van der Waals surface area contributed by atoms with Crippen molar-refractivity contribution in [2.24, 2.45) is 5.10 Å². The smallest absolute Gasteiger partial charge is 0.267 e. The molecule has 3 rings (SSSR count). The van der Waals surface area contributed by atoms with Crippen LogP contribution in [0.3, 0.4) is 0 Å². The van der Waals surface area contributed by atoms with Gasteiger partial charge in [0.15, 0.2) is 0 Å².